The maximum absolute atomic E-state index is 12.0. The number of phenols is 1. The van der Waals surface area contributed by atoms with Crippen LogP contribution in [0, 0.1) is 5.92 Å². The summed E-state index contributed by atoms with van der Waals surface area (Å²) >= 11 is 0. The third-order valence-electron chi connectivity index (χ3n) is 3.86. The topological polar surface area (TPSA) is 107 Å². The minimum absolute atomic E-state index is 0.108. The highest BCUT2D eigenvalue weighted by molar-refractivity contribution is 7.49. The molecule has 0 bridgehead atoms. The number of ketones is 1. The number of benzene rings is 1. The minimum atomic E-state index is -4.45. The molecule has 0 aromatic heterocycles. The number of allylic oxidation sites excluding steroid dienone is 4. The smallest absolute Gasteiger partial charge is 0.427 e. The minimum Gasteiger partial charge on any atom is -0.508 e. The van der Waals surface area contributed by atoms with E-state index < -0.39 is 13.7 Å². The van der Waals surface area contributed by atoms with E-state index in [4.69, 9.17) is 9.79 Å². The summed E-state index contributed by atoms with van der Waals surface area (Å²) in [7, 11) is -4.45. The lowest BCUT2D eigenvalue weighted by atomic mass is 9.86. The molecular formula is C16H20NO5P. The molecule has 1 aliphatic carbocycles. The van der Waals surface area contributed by atoms with Gasteiger partial charge in [-0.25, -0.2) is 4.57 Å². The number of rotatable bonds is 6. The van der Waals surface area contributed by atoms with E-state index in [2.05, 4.69) is 5.09 Å². The Bertz CT molecular complexity index is 691. The van der Waals surface area contributed by atoms with Gasteiger partial charge in [0.1, 0.15) is 5.75 Å². The predicted molar refractivity (Wildman–Crippen MR) is 86.7 cm³/mol. The summed E-state index contributed by atoms with van der Waals surface area (Å²) in [5, 5.41) is 11.6. The second-order valence-corrected chi connectivity index (χ2v) is 6.98. The van der Waals surface area contributed by atoms with Crippen molar-refractivity contribution in [2.24, 2.45) is 5.92 Å². The monoisotopic (exact) mass is 337 g/mol. The lowest BCUT2D eigenvalue weighted by Crippen LogP contribution is -2.26. The fourth-order valence-electron chi connectivity index (χ4n) is 2.63. The molecule has 0 radical (unpaired) electrons. The molecule has 23 heavy (non-hydrogen) atoms. The van der Waals surface area contributed by atoms with Crippen LogP contribution in [0.4, 0.5) is 0 Å². The largest absolute Gasteiger partial charge is 0.508 e. The number of hydrogen-bond donors (Lipinski definition) is 4. The highest BCUT2D eigenvalue weighted by Crippen LogP contribution is 2.35. The summed E-state index contributed by atoms with van der Waals surface area (Å²) in [4.78, 5) is 30.1. The molecule has 4 N–H and O–H groups in total. The van der Waals surface area contributed by atoms with Gasteiger partial charge in [-0.05, 0) is 48.6 Å². The molecule has 0 aliphatic heterocycles. The van der Waals surface area contributed by atoms with Gasteiger partial charge in [0, 0.05) is 5.70 Å². The van der Waals surface area contributed by atoms with E-state index in [0.717, 1.165) is 5.56 Å². The first kappa shape index (κ1) is 17.5. The van der Waals surface area contributed by atoms with Crippen molar-refractivity contribution in [3.8, 4) is 5.75 Å². The predicted octanol–water partition coefficient (Wildman–Crippen LogP) is 2.60. The summed E-state index contributed by atoms with van der Waals surface area (Å²) < 4.78 is 11.1. The van der Waals surface area contributed by atoms with Gasteiger partial charge in [0.05, 0.1) is 5.92 Å². The van der Waals surface area contributed by atoms with Crippen molar-refractivity contribution in [3.05, 3.63) is 53.8 Å². The second kappa shape index (κ2) is 7.13. The van der Waals surface area contributed by atoms with Gasteiger partial charge >= 0.3 is 7.75 Å². The van der Waals surface area contributed by atoms with E-state index in [1.165, 1.54) is 18.2 Å². The number of phenolic OH excluding ortho intramolecular Hbond substituents is 1. The Morgan fingerprint density at radius 1 is 1.35 bits per heavy atom. The summed E-state index contributed by atoms with van der Waals surface area (Å²) in [5.41, 5.74) is 1.20. The van der Waals surface area contributed by atoms with E-state index in [1.807, 2.05) is 13.0 Å². The van der Waals surface area contributed by atoms with Gasteiger partial charge in [-0.2, -0.15) is 0 Å². The number of aromatic hydroxyl groups is 1. The third-order valence-corrected chi connectivity index (χ3v) is 4.41. The van der Waals surface area contributed by atoms with Crippen LogP contribution in [0.2, 0.25) is 0 Å². The SMILES string of the molecule is CC(CCC1C(=O)C=CC=C1NP(=O)(O)O)c1cccc(O)c1. The van der Waals surface area contributed by atoms with Gasteiger partial charge in [-0.3, -0.25) is 9.88 Å². The molecule has 0 heterocycles. The van der Waals surface area contributed by atoms with Gasteiger partial charge in [-0.1, -0.05) is 25.1 Å². The molecule has 2 atom stereocenters. The van der Waals surface area contributed by atoms with Crippen LogP contribution < -0.4 is 5.09 Å². The van der Waals surface area contributed by atoms with Crippen molar-refractivity contribution in [1.29, 1.82) is 0 Å². The molecule has 2 rings (SSSR count). The van der Waals surface area contributed by atoms with E-state index in [-0.39, 0.29) is 23.1 Å². The van der Waals surface area contributed by atoms with Crippen molar-refractivity contribution in [3.63, 3.8) is 0 Å². The molecule has 0 fully saturated rings. The molecule has 0 saturated carbocycles. The Labute approximate surface area is 134 Å². The van der Waals surface area contributed by atoms with Gasteiger partial charge in [0.25, 0.3) is 0 Å². The lowest BCUT2D eigenvalue weighted by Gasteiger charge is -2.23. The molecule has 0 saturated heterocycles. The standard InChI is InChI=1S/C16H20NO5P/c1-11(12-4-2-5-13(18)10-12)8-9-14-15(17-23(20,21)22)6-3-7-16(14)19/h2-7,10-11,14,18H,8-9H2,1H3,(H3,17,20,21,22). The fourth-order valence-corrected chi connectivity index (χ4v) is 3.19. The number of carbonyl (C=O) groups excluding carboxylic acids is 1. The summed E-state index contributed by atoms with van der Waals surface area (Å²) in [6.45, 7) is 1.98. The van der Waals surface area contributed by atoms with Gasteiger partial charge < -0.3 is 14.9 Å². The van der Waals surface area contributed by atoms with E-state index in [1.54, 1.807) is 18.2 Å². The summed E-state index contributed by atoms with van der Waals surface area (Å²) in [5.74, 6) is -0.467. The van der Waals surface area contributed by atoms with Crippen LogP contribution in [0.1, 0.15) is 31.2 Å². The number of carbonyl (C=O) groups is 1. The Hall–Kier alpha value is -1.88. The quantitative estimate of drug-likeness (QED) is 0.595. The van der Waals surface area contributed by atoms with Crippen LogP contribution in [0.5, 0.6) is 5.75 Å². The average molecular weight is 337 g/mol. The van der Waals surface area contributed by atoms with Crippen LogP contribution in [-0.2, 0) is 9.36 Å². The van der Waals surface area contributed by atoms with E-state index in [0.29, 0.717) is 12.8 Å². The van der Waals surface area contributed by atoms with Crippen molar-refractivity contribution < 1.29 is 24.3 Å². The van der Waals surface area contributed by atoms with Gasteiger partial charge in [0.2, 0.25) is 0 Å². The van der Waals surface area contributed by atoms with Crippen LogP contribution in [0.15, 0.2) is 48.2 Å². The number of hydrogen-bond acceptors (Lipinski definition) is 3. The van der Waals surface area contributed by atoms with Gasteiger partial charge in [-0.15, -0.1) is 0 Å². The van der Waals surface area contributed by atoms with Crippen molar-refractivity contribution in [1.82, 2.24) is 5.09 Å². The molecule has 1 aromatic carbocycles. The molecule has 124 valence electrons. The second-order valence-electron chi connectivity index (χ2n) is 5.67. The molecule has 0 amide bonds. The average Bonchev–Trinajstić information content (AvgIpc) is 2.44. The lowest BCUT2D eigenvalue weighted by molar-refractivity contribution is -0.117. The molecule has 2 unspecified atom stereocenters. The molecule has 0 spiro atoms. The highest BCUT2D eigenvalue weighted by Gasteiger charge is 2.27. The van der Waals surface area contributed by atoms with Crippen molar-refractivity contribution in [2.75, 3.05) is 0 Å². The number of nitrogens with one attached hydrogen (secondary N) is 1. The van der Waals surface area contributed by atoms with Crippen molar-refractivity contribution in [2.45, 2.75) is 25.7 Å². The summed E-state index contributed by atoms with van der Waals surface area (Å²) in [6.07, 6.45) is 5.51. The normalized spacial score (nSPS) is 19.3. The fraction of sp³-hybridized carbons (Fsp3) is 0.312. The van der Waals surface area contributed by atoms with Crippen LogP contribution >= 0.6 is 7.75 Å². The van der Waals surface area contributed by atoms with Crippen LogP contribution in [0.25, 0.3) is 0 Å². The van der Waals surface area contributed by atoms with Crippen LogP contribution in [0.3, 0.4) is 0 Å². The zero-order chi connectivity index (χ0) is 17.0. The maximum atomic E-state index is 12.0. The third kappa shape index (κ3) is 5.06. The van der Waals surface area contributed by atoms with E-state index >= 15 is 0 Å². The maximum Gasteiger partial charge on any atom is 0.427 e. The molecule has 6 nitrogen and oxygen atoms in total. The Kier molecular flexibility index (Phi) is 5.42. The highest BCUT2D eigenvalue weighted by atomic mass is 31.2. The van der Waals surface area contributed by atoms with E-state index in [9.17, 15) is 14.5 Å². The zero-order valence-corrected chi connectivity index (χ0v) is 13.6. The first-order chi connectivity index (χ1) is 10.8. The Morgan fingerprint density at radius 2 is 2.09 bits per heavy atom. The van der Waals surface area contributed by atoms with Gasteiger partial charge in [0.15, 0.2) is 5.78 Å². The molecule has 1 aliphatic rings. The zero-order valence-electron chi connectivity index (χ0n) is 12.7. The molecular weight excluding hydrogens is 317 g/mol. The molecule has 1 aromatic rings. The Balaban J connectivity index is 2.05. The first-order valence-corrected chi connectivity index (χ1v) is 8.92. The first-order valence-electron chi connectivity index (χ1n) is 7.31. The summed E-state index contributed by atoms with van der Waals surface area (Å²) in [6, 6.07) is 6.93. The van der Waals surface area contributed by atoms with Crippen molar-refractivity contribution >= 4 is 13.5 Å². The Morgan fingerprint density at radius 3 is 2.74 bits per heavy atom. The van der Waals surface area contributed by atoms with Crippen LogP contribution in [-0.4, -0.2) is 20.7 Å². The molecule has 7 heteroatoms.